The standard InChI is InChI=1S/C38H39N5O9/c1-20-15-33(45)38(2)23(9-7-21-8-10-29(44)30(16-21)50-4)22-11-14-42-36(48)41(37(49)43(42)27(22)17-24(38)34(20)46)13-12-25-35(47)40(3)28-19-32(52-6)31(51-5)18-26(28)39-25/h7-11,15-16,18-19,23-24,27,44H,12-14,17H2,1-6H3/t23-,24-,27+,38-/m0/s1. The number of benzene rings is 2. The molecule has 4 atom stereocenters. The van der Waals surface area contributed by atoms with E-state index in [1.807, 2.05) is 12.2 Å². The SMILES string of the molecule is COc1cc(C=C[C@H]2C3=CCn4c(=O)n(CCc5nc6cc(OC)c(OC)cc6n(C)c5=O)c(=O)n4[C@@H]3C[C@H]3C(=O)C(C)=CC(=O)[C@@]23C)ccc1O. The van der Waals surface area contributed by atoms with Gasteiger partial charge in [0.05, 0.1) is 50.4 Å². The molecule has 0 spiro atoms. The van der Waals surface area contributed by atoms with E-state index in [4.69, 9.17) is 14.2 Å². The van der Waals surface area contributed by atoms with E-state index >= 15 is 0 Å². The van der Waals surface area contributed by atoms with Crippen LogP contribution in [0.4, 0.5) is 0 Å². The Bertz CT molecular complexity index is 2460. The minimum absolute atomic E-state index is 0.000197. The third kappa shape index (κ3) is 5.15. The van der Waals surface area contributed by atoms with Crippen molar-refractivity contribution in [1.82, 2.24) is 23.5 Å². The molecule has 0 radical (unpaired) electrons. The fourth-order valence-electron chi connectivity index (χ4n) is 8.08. The molecule has 3 aliphatic rings. The molecule has 2 aliphatic carbocycles. The molecule has 3 heterocycles. The molecule has 0 amide bonds. The van der Waals surface area contributed by atoms with E-state index in [9.17, 15) is 29.1 Å². The first-order valence-corrected chi connectivity index (χ1v) is 16.9. The summed E-state index contributed by atoms with van der Waals surface area (Å²) in [6.07, 6.45) is 7.09. The summed E-state index contributed by atoms with van der Waals surface area (Å²) in [5, 5.41) is 10.1. The molecule has 0 bridgehead atoms. The number of fused-ring (bicyclic) bond motifs is 5. The number of aryl methyl sites for hydroxylation is 2. The van der Waals surface area contributed by atoms with Crippen LogP contribution in [0.5, 0.6) is 23.0 Å². The number of aromatic nitrogens is 5. The van der Waals surface area contributed by atoms with Gasteiger partial charge in [-0.3, -0.25) is 14.4 Å². The number of rotatable bonds is 8. The maximum Gasteiger partial charge on any atom is 0.347 e. The summed E-state index contributed by atoms with van der Waals surface area (Å²) < 4.78 is 21.3. The number of Topliss-reactive ketones (excluding diaryl/α,β-unsaturated/α-hetero) is 1. The summed E-state index contributed by atoms with van der Waals surface area (Å²) >= 11 is 0. The summed E-state index contributed by atoms with van der Waals surface area (Å²) in [5.41, 5.74) is 0.323. The fraction of sp³-hybridized carbons (Fsp3) is 0.368. The van der Waals surface area contributed by atoms with E-state index in [0.29, 0.717) is 33.7 Å². The number of carbonyl (C=O) groups is 2. The quantitative estimate of drug-likeness (QED) is 0.269. The molecule has 0 unspecified atom stereocenters. The van der Waals surface area contributed by atoms with Gasteiger partial charge < -0.3 is 23.9 Å². The number of carbonyl (C=O) groups excluding carboxylic acids is 2. The molecule has 52 heavy (non-hydrogen) atoms. The zero-order valence-electron chi connectivity index (χ0n) is 29.7. The molecule has 7 rings (SSSR count). The number of phenols is 1. The van der Waals surface area contributed by atoms with Crippen LogP contribution in [0.3, 0.4) is 0 Å². The van der Waals surface area contributed by atoms with Crippen LogP contribution >= 0.6 is 0 Å². The van der Waals surface area contributed by atoms with Crippen LogP contribution in [-0.2, 0) is 36.1 Å². The number of hydrogen-bond donors (Lipinski definition) is 1. The Hall–Kier alpha value is -5.92. The smallest absolute Gasteiger partial charge is 0.347 e. The molecule has 2 aromatic heterocycles. The zero-order valence-corrected chi connectivity index (χ0v) is 29.7. The van der Waals surface area contributed by atoms with Crippen molar-refractivity contribution in [3.63, 3.8) is 0 Å². The topological polar surface area (TPSA) is 166 Å². The maximum atomic E-state index is 14.2. The number of nitrogens with zero attached hydrogens (tertiary/aromatic N) is 5. The predicted octanol–water partition coefficient (Wildman–Crippen LogP) is 2.97. The van der Waals surface area contributed by atoms with Gasteiger partial charge >= 0.3 is 11.4 Å². The molecule has 1 N–H and O–H groups in total. The first-order valence-electron chi connectivity index (χ1n) is 16.9. The maximum absolute atomic E-state index is 14.2. The van der Waals surface area contributed by atoms with Crippen LogP contribution in [0.25, 0.3) is 17.1 Å². The third-order valence-corrected chi connectivity index (χ3v) is 11.0. The van der Waals surface area contributed by atoms with Crippen molar-refractivity contribution < 1.29 is 28.9 Å². The summed E-state index contributed by atoms with van der Waals surface area (Å²) in [7, 11) is 6.06. The lowest BCUT2D eigenvalue weighted by Crippen LogP contribution is -2.55. The minimum Gasteiger partial charge on any atom is -0.504 e. The van der Waals surface area contributed by atoms with Crippen molar-refractivity contribution in [1.29, 1.82) is 0 Å². The van der Waals surface area contributed by atoms with Crippen LogP contribution in [0.15, 0.2) is 74.1 Å². The zero-order chi connectivity index (χ0) is 37.2. The van der Waals surface area contributed by atoms with E-state index in [1.54, 1.807) is 51.2 Å². The van der Waals surface area contributed by atoms with Crippen molar-refractivity contribution in [2.24, 2.45) is 24.3 Å². The molecular weight excluding hydrogens is 670 g/mol. The summed E-state index contributed by atoms with van der Waals surface area (Å²) in [6, 6.07) is 7.51. The minimum atomic E-state index is -1.14. The second-order valence-corrected chi connectivity index (χ2v) is 13.6. The van der Waals surface area contributed by atoms with Gasteiger partial charge in [0.1, 0.15) is 5.69 Å². The Morgan fingerprint density at radius 3 is 2.40 bits per heavy atom. The number of methoxy groups -OCH3 is 3. The Labute approximate surface area is 297 Å². The summed E-state index contributed by atoms with van der Waals surface area (Å²) in [4.78, 5) is 73.5. The van der Waals surface area contributed by atoms with Gasteiger partial charge in [-0.2, -0.15) is 0 Å². The molecule has 1 saturated carbocycles. The first-order chi connectivity index (χ1) is 24.8. The fourth-order valence-corrected chi connectivity index (χ4v) is 8.08. The number of phenolic OH excluding ortho intramolecular Hbond substituents is 1. The van der Waals surface area contributed by atoms with Crippen LogP contribution < -0.4 is 31.1 Å². The Kier molecular flexibility index (Phi) is 8.43. The molecule has 14 heteroatoms. The van der Waals surface area contributed by atoms with Crippen molar-refractivity contribution in [3.05, 3.63) is 102 Å². The van der Waals surface area contributed by atoms with Gasteiger partial charge in [-0.25, -0.2) is 28.5 Å². The van der Waals surface area contributed by atoms with Crippen LogP contribution in [0.1, 0.15) is 37.6 Å². The highest BCUT2D eigenvalue weighted by Crippen LogP contribution is 2.56. The summed E-state index contributed by atoms with van der Waals surface area (Å²) in [5.74, 6) is -0.574. The number of hydrogen-bond acceptors (Lipinski definition) is 10. The molecular formula is C38H39N5O9. The van der Waals surface area contributed by atoms with Crippen molar-refractivity contribution in [2.75, 3.05) is 21.3 Å². The third-order valence-electron chi connectivity index (χ3n) is 11.0. The van der Waals surface area contributed by atoms with E-state index in [-0.39, 0.29) is 60.2 Å². The van der Waals surface area contributed by atoms with Crippen molar-refractivity contribution in [3.8, 4) is 23.0 Å². The van der Waals surface area contributed by atoms with Gasteiger partial charge in [0, 0.05) is 44.0 Å². The molecule has 2 aromatic carbocycles. The number of allylic oxidation sites excluding steroid dienone is 5. The van der Waals surface area contributed by atoms with Gasteiger partial charge in [0.2, 0.25) is 0 Å². The van der Waals surface area contributed by atoms with Crippen LogP contribution in [-0.4, -0.2) is 61.5 Å². The van der Waals surface area contributed by atoms with E-state index < -0.39 is 34.7 Å². The Morgan fingerprint density at radius 2 is 1.69 bits per heavy atom. The van der Waals surface area contributed by atoms with Gasteiger partial charge in [-0.05, 0) is 48.3 Å². The lowest BCUT2D eigenvalue weighted by atomic mass is 9.52. The second kappa shape index (κ2) is 12.7. The largest absolute Gasteiger partial charge is 0.504 e. The normalized spacial score (nSPS) is 22.5. The van der Waals surface area contributed by atoms with E-state index in [0.717, 1.165) is 10.1 Å². The van der Waals surface area contributed by atoms with E-state index in [1.165, 1.54) is 47.4 Å². The van der Waals surface area contributed by atoms with Crippen LogP contribution in [0, 0.1) is 17.3 Å². The highest BCUT2D eigenvalue weighted by molar-refractivity contribution is 6.12. The molecule has 0 saturated heterocycles. The summed E-state index contributed by atoms with van der Waals surface area (Å²) in [6.45, 7) is 3.37. The molecule has 1 aliphatic heterocycles. The highest BCUT2D eigenvalue weighted by Gasteiger charge is 2.58. The van der Waals surface area contributed by atoms with Gasteiger partial charge in [0.25, 0.3) is 5.56 Å². The van der Waals surface area contributed by atoms with Gasteiger partial charge in [-0.1, -0.05) is 31.2 Å². The lowest BCUT2D eigenvalue weighted by molar-refractivity contribution is -0.140. The first kappa shape index (κ1) is 34.5. The average Bonchev–Trinajstić information content (AvgIpc) is 3.38. The Balaban J connectivity index is 1.27. The molecule has 14 nitrogen and oxygen atoms in total. The van der Waals surface area contributed by atoms with Crippen LogP contribution in [0.2, 0.25) is 0 Å². The molecule has 1 fully saturated rings. The van der Waals surface area contributed by atoms with Gasteiger partial charge in [0.15, 0.2) is 34.6 Å². The predicted molar refractivity (Wildman–Crippen MR) is 191 cm³/mol. The highest BCUT2D eigenvalue weighted by atomic mass is 16.5. The van der Waals surface area contributed by atoms with E-state index in [2.05, 4.69) is 4.98 Å². The average molecular weight is 710 g/mol. The Morgan fingerprint density at radius 1 is 0.981 bits per heavy atom. The number of ether oxygens (including phenoxy) is 3. The molecule has 4 aromatic rings. The monoisotopic (exact) mass is 709 g/mol. The number of ketones is 2. The van der Waals surface area contributed by atoms with Crippen molar-refractivity contribution in [2.45, 2.75) is 45.8 Å². The second-order valence-electron chi connectivity index (χ2n) is 13.6. The number of aromatic hydroxyl groups is 1. The molecule has 270 valence electrons. The lowest BCUT2D eigenvalue weighted by Gasteiger charge is -2.51. The van der Waals surface area contributed by atoms with Gasteiger partial charge in [-0.15, -0.1) is 0 Å². The van der Waals surface area contributed by atoms with Crippen molar-refractivity contribution >= 4 is 28.7 Å².